The molecule has 2 N–H and O–H groups in total. The lowest BCUT2D eigenvalue weighted by atomic mass is 10.0. The van der Waals surface area contributed by atoms with E-state index in [-0.39, 0.29) is 0 Å². The largest absolute Gasteiger partial charge is 0.478 e. The van der Waals surface area contributed by atoms with Crippen molar-refractivity contribution in [2.45, 2.75) is 22.6 Å². The number of aliphatic carboxylic acids is 2. The third-order valence-electron chi connectivity index (χ3n) is 3.43. The quantitative estimate of drug-likeness (QED) is 0.693. The van der Waals surface area contributed by atoms with Gasteiger partial charge in [0, 0.05) is 28.5 Å². The maximum Gasteiger partial charge on any atom is 0.328 e. The molecule has 1 unspecified atom stereocenters. The predicted octanol–water partition coefficient (Wildman–Crippen LogP) is 4.21. The second-order valence-electron chi connectivity index (χ2n) is 6.13. The highest BCUT2D eigenvalue weighted by Crippen LogP contribution is 2.33. The van der Waals surface area contributed by atoms with Crippen molar-refractivity contribution in [3.63, 3.8) is 0 Å². The highest BCUT2D eigenvalue weighted by molar-refractivity contribution is 7.99. The molecule has 0 saturated carbocycles. The van der Waals surface area contributed by atoms with Crippen LogP contribution in [0.25, 0.3) is 0 Å². The number of nitrogens with zero attached hydrogens (tertiary/aromatic N) is 1. The van der Waals surface area contributed by atoms with Gasteiger partial charge in [0.15, 0.2) is 0 Å². The van der Waals surface area contributed by atoms with Crippen LogP contribution in [0.3, 0.4) is 0 Å². The molecule has 1 atom stereocenters. The zero-order valence-electron chi connectivity index (χ0n) is 15.7. The minimum Gasteiger partial charge on any atom is -0.478 e. The monoisotopic (exact) mass is 387 g/mol. The standard InChI is InChI=1S/C17H21NS.C4H4O4/c1-14(13-18(2)3)16-11-7-8-12-17(16)19-15-9-5-4-6-10-15;5-3(6)1-2-4(7)8/h4-12,14H,13H2,1-3H3;1-2H,(H,5,6)(H,7,8)/b;2-1+. The van der Waals surface area contributed by atoms with Crippen molar-refractivity contribution in [3.8, 4) is 0 Å². The molecule has 2 aromatic carbocycles. The molecule has 0 aliphatic heterocycles. The molecule has 0 aliphatic rings. The molecule has 0 amide bonds. The van der Waals surface area contributed by atoms with Crippen LogP contribution in [-0.2, 0) is 9.59 Å². The smallest absolute Gasteiger partial charge is 0.328 e. The van der Waals surface area contributed by atoms with Crippen LogP contribution < -0.4 is 0 Å². The summed E-state index contributed by atoms with van der Waals surface area (Å²) < 4.78 is 0. The van der Waals surface area contributed by atoms with Crippen molar-refractivity contribution in [2.75, 3.05) is 20.6 Å². The maximum absolute atomic E-state index is 9.55. The average Bonchev–Trinajstić information content (AvgIpc) is 2.61. The van der Waals surface area contributed by atoms with Crippen LogP contribution in [0.5, 0.6) is 0 Å². The number of carboxylic acid groups (broad SMARTS) is 2. The Hall–Kier alpha value is -2.57. The van der Waals surface area contributed by atoms with Crippen molar-refractivity contribution >= 4 is 23.7 Å². The van der Waals surface area contributed by atoms with Gasteiger partial charge >= 0.3 is 11.9 Å². The van der Waals surface area contributed by atoms with E-state index in [9.17, 15) is 9.59 Å². The van der Waals surface area contributed by atoms with Crippen molar-refractivity contribution < 1.29 is 19.8 Å². The molecule has 0 aromatic heterocycles. The van der Waals surface area contributed by atoms with Gasteiger partial charge in [-0.05, 0) is 43.8 Å². The zero-order chi connectivity index (χ0) is 20.2. The van der Waals surface area contributed by atoms with Crippen molar-refractivity contribution in [2.24, 2.45) is 0 Å². The van der Waals surface area contributed by atoms with E-state index < -0.39 is 11.9 Å². The molecule has 6 heteroatoms. The normalized spacial score (nSPS) is 11.7. The van der Waals surface area contributed by atoms with Gasteiger partial charge in [-0.15, -0.1) is 0 Å². The first-order valence-electron chi connectivity index (χ1n) is 8.40. The van der Waals surface area contributed by atoms with Gasteiger partial charge in [0.05, 0.1) is 0 Å². The SMILES string of the molecule is CC(CN(C)C)c1ccccc1Sc1ccccc1.O=C(O)/C=C/C(=O)O. The summed E-state index contributed by atoms with van der Waals surface area (Å²) in [5.74, 6) is -1.97. The molecule has 144 valence electrons. The summed E-state index contributed by atoms with van der Waals surface area (Å²) in [6.07, 6.45) is 1.12. The third kappa shape index (κ3) is 9.63. The fourth-order valence-electron chi connectivity index (χ4n) is 2.38. The summed E-state index contributed by atoms with van der Waals surface area (Å²) in [6.45, 7) is 3.37. The van der Waals surface area contributed by atoms with Crippen LogP contribution in [0.2, 0.25) is 0 Å². The van der Waals surface area contributed by atoms with E-state index in [0.717, 1.165) is 6.54 Å². The summed E-state index contributed by atoms with van der Waals surface area (Å²) in [5.41, 5.74) is 1.44. The molecule has 0 aliphatic carbocycles. The minimum atomic E-state index is -1.26. The highest BCUT2D eigenvalue weighted by atomic mass is 32.2. The molecule has 2 aromatic rings. The number of hydrogen-bond donors (Lipinski definition) is 2. The summed E-state index contributed by atoms with van der Waals surface area (Å²) in [6, 6.07) is 19.3. The Bertz CT molecular complexity index is 744. The molecule has 0 saturated heterocycles. The van der Waals surface area contributed by atoms with E-state index >= 15 is 0 Å². The van der Waals surface area contributed by atoms with Crippen LogP contribution >= 0.6 is 11.8 Å². The van der Waals surface area contributed by atoms with Crippen LogP contribution in [-0.4, -0.2) is 47.7 Å². The number of carbonyl (C=O) groups is 2. The second kappa shape index (κ2) is 11.9. The van der Waals surface area contributed by atoms with E-state index in [4.69, 9.17) is 10.2 Å². The fourth-order valence-corrected chi connectivity index (χ4v) is 3.47. The van der Waals surface area contributed by atoms with Gasteiger partial charge in [0.2, 0.25) is 0 Å². The fraction of sp³-hybridized carbons (Fsp3) is 0.238. The summed E-state index contributed by atoms with van der Waals surface area (Å²) >= 11 is 1.85. The Labute approximate surface area is 164 Å². The van der Waals surface area contributed by atoms with Crippen LogP contribution in [0, 0.1) is 0 Å². The highest BCUT2D eigenvalue weighted by Gasteiger charge is 2.11. The molecule has 0 fully saturated rings. The Morgan fingerprint density at radius 3 is 2.00 bits per heavy atom. The van der Waals surface area contributed by atoms with E-state index in [2.05, 4.69) is 80.5 Å². The van der Waals surface area contributed by atoms with E-state index in [1.807, 2.05) is 11.8 Å². The number of carboxylic acids is 2. The molecule has 5 nitrogen and oxygen atoms in total. The molecule has 27 heavy (non-hydrogen) atoms. The van der Waals surface area contributed by atoms with E-state index in [1.165, 1.54) is 15.4 Å². The van der Waals surface area contributed by atoms with Crippen LogP contribution in [0.4, 0.5) is 0 Å². The summed E-state index contributed by atoms with van der Waals surface area (Å²) in [4.78, 5) is 24.0. The van der Waals surface area contributed by atoms with Gasteiger partial charge < -0.3 is 15.1 Å². The predicted molar refractivity (Wildman–Crippen MR) is 108 cm³/mol. The third-order valence-corrected chi connectivity index (χ3v) is 4.53. The van der Waals surface area contributed by atoms with Gasteiger partial charge in [0.25, 0.3) is 0 Å². The Kier molecular flexibility index (Phi) is 9.93. The Balaban J connectivity index is 0.000000387. The van der Waals surface area contributed by atoms with Crippen molar-refractivity contribution in [1.82, 2.24) is 4.90 Å². The number of likely N-dealkylation sites (N-methyl/N-ethyl adjacent to an activating group) is 1. The maximum atomic E-state index is 9.55. The lowest BCUT2D eigenvalue weighted by Gasteiger charge is -2.19. The first-order valence-corrected chi connectivity index (χ1v) is 9.21. The molecule has 0 heterocycles. The van der Waals surface area contributed by atoms with Gasteiger partial charge in [0.1, 0.15) is 0 Å². The topological polar surface area (TPSA) is 77.8 Å². The summed E-state index contributed by atoms with van der Waals surface area (Å²) in [5, 5.41) is 15.6. The van der Waals surface area contributed by atoms with E-state index in [0.29, 0.717) is 18.1 Å². The van der Waals surface area contributed by atoms with Crippen LogP contribution in [0.15, 0.2) is 76.5 Å². The summed E-state index contributed by atoms with van der Waals surface area (Å²) in [7, 11) is 4.26. The number of benzene rings is 2. The lowest BCUT2D eigenvalue weighted by Crippen LogP contribution is -2.18. The van der Waals surface area contributed by atoms with Gasteiger partial charge in [-0.25, -0.2) is 9.59 Å². The molecule has 0 bridgehead atoms. The first-order chi connectivity index (χ1) is 12.8. The number of rotatable bonds is 7. The zero-order valence-corrected chi connectivity index (χ0v) is 16.5. The molecule has 2 rings (SSSR count). The van der Waals surface area contributed by atoms with Crippen molar-refractivity contribution in [3.05, 3.63) is 72.3 Å². The molecular formula is C21H25NO4S. The van der Waals surface area contributed by atoms with Gasteiger partial charge in [-0.2, -0.15) is 0 Å². The molecular weight excluding hydrogens is 362 g/mol. The Morgan fingerprint density at radius 1 is 0.963 bits per heavy atom. The Morgan fingerprint density at radius 2 is 1.48 bits per heavy atom. The first kappa shape index (κ1) is 22.5. The second-order valence-corrected chi connectivity index (χ2v) is 7.24. The van der Waals surface area contributed by atoms with Gasteiger partial charge in [-0.1, -0.05) is 55.1 Å². The van der Waals surface area contributed by atoms with E-state index in [1.54, 1.807) is 0 Å². The van der Waals surface area contributed by atoms with Gasteiger partial charge in [-0.3, -0.25) is 0 Å². The minimum absolute atomic E-state index is 0.544. The molecule has 0 spiro atoms. The average molecular weight is 388 g/mol. The molecule has 0 radical (unpaired) electrons. The van der Waals surface area contributed by atoms with Crippen molar-refractivity contribution in [1.29, 1.82) is 0 Å². The lowest BCUT2D eigenvalue weighted by molar-refractivity contribution is -0.134. The number of hydrogen-bond acceptors (Lipinski definition) is 4. The van der Waals surface area contributed by atoms with Crippen LogP contribution in [0.1, 0.15) is 18.4 Å².